The third-order valence-corrected chi connectivity index (χ3v) is 12.4. The van der Waals surface area contributed by atoms with Crippen LogP contribution in [0.25, 0.3) is 21.5 Å². The molecule has 0 aliphatic rings. The second-order valence-corrected chi connectivity index (χ2v) is 19.5. The highest BCUT2D eigenvalue weighted by Gasteiger charge is 2.25. The maximum Gasteiger partial charge on any atom is 0.407 e. The van der Waals surface area contributed by atoms with Gasteiger partial charge in [-0.2, -0.15) is 0 Å². The second kappa shape index (κ2) is 27.2. The molecule has 3 N–H and O–H groups in total. The molecule has 8 aromatic rings. The summed E-state index contributed by atoms with van der Waals surface area (Å²) in [6.07, 6.45) is 7.06. The zero-order valence-corrected chi connectivity index (χ0v) is 43.7. The number of esters is 2. The van der Waals surface area contributed by atoms with Crippen molar-refractivity contribution in [3.63, 3.8) is 0 Å². The number of anilines is 2. The van der Waals surface area contributed by atoms with Crippen LogP contribution in [0.1, 0.15) is 126 Å². The number of nitrogens with zero attached hydrogens (tertiary/aromatic N) is 2. The number of hydrogen-bond donors (Lipinski definition) is 3. The summed E-state index contributed by atoms with van der Waals surface area (Å²) in [5.41, 5.74) is 9.04. The lowest BCUT2D eigenvalue weighted by Gasteiger charge is -2.22. The van der Waals surface area contributed by atoms with Gasteiger partial charge in [0.05, 0.1) is 23.0 Å². The van der Waals surface area contributed by atoms with Crippen molar-refractivity contribution in [1.29, 1.82) is 0 Å². The van der Waals surface area contributed by atoms with Crippen LogP contribution < -0.4 is 16.0 Å². The lowest BCUT2D eigenvalue weighted by atomic mass is 9.94. The lowest BCUT2D eigenvalue weighted by Crippen LogP contribution is -2.37. The van der Waals surface area contributed by atoms with Gasteiger partial charge in [0.1, 0.15) is 18.8 Å². The highest BCUT2D eigenvalue weighted by molar-refractivity contribution is 5.99. The van der Waals surface area contributed by atoms with E-state index in [0.717, 1.165) is 66.2 Å². The van der Waals surface area contributed by atoms with E-state index in [1.807, 2.05) is 132 Å². The van der Waals surface area contributed by atoms with Crippen LogP contribution in [-0.4, -0.2) is 52.0 Å². The van der Waals surface area contributed by atoms with Crippen LogP contribution in [0.3, 0.4) is 0 Å². The number of rotatable bonds is 15. The summed E-state index contributed by atoms with van der Waals surface area (Å²) in [6, 6.07) is 41.3. The Morgan fingerprint density at radius 2 is 0.948 bits per heavy atom. The van der Waals surface area contributed by atoms with E-state index in [1.54, 1.807) is 82.0 Å². The van der Waals surface area contributed by atoms with Crippen LogP contribution in [-0.2, 0) is 37.0 Å². The quantitative estimate of drug-likeness (QED) is 0.0662. The van der Waals surface area contributed by atoms with E-state index in [-0.39, 0.29) is 58.3 Å². The molecule has 2 heterocycles. The molecule has 3 amide bonds. The van der Waals surface area contributed by atoms with Gasteiger partial charge in [0.2, 0.25) is 11.8 Å². The summed E-state index contributed by atoms with van der Waals surface area (Å²) >= 11 is 0. The van der Waals surface area contributed by atoms with Crippen molar-refractivity contribution < 1.29 is 38.2 Å². The maximum absolute atomic E-state index is 13.5. The highest BCUT2D eigenvalue weighted by atomic mass is 16.6. The van der Waals surface area contributed by atoms with Gasteiger partial charge < -0.3 is 30.2 Å². The van der Waals surface area contributed by atoms with E-state index < -0.39 is 23.6 Å². The number of carbonyl (C=O) groups excluding carboxylic acids is 5. The fourth-order valence-electron chi connectivity index (χ4n) is 8.45. The summed E-state index contributed by atoms with van der Waals surface area (Å²) < 4.78 is 16.4. The van der Waals surface area contributed by atoms with Gasteiger partial charge in [-0.3, -0.25) is 19.6 Å². The minimum Gasteiger partial charge on any atom is -0.457 e. The topological polar surface area (TPSA) is 175 Å². The standard InChI is InChI=1S/C33H35N3O5.C29H28N2O3.2CH4/c1-21-6-13-28(22(2)16-21)31(38)40-20-23-7-9-24(10-8-23)29(19-35-32(39)41-33(3,4)5)30(37)36-27-12-11-26-18-34-15-14-25(26)17-27;1-4-26(28(32)31-25-11-10-24-17-30-14-13-23(24)16-25)22-8-6-21(7-9-22)18-34-29(33)27-12-5-19(2)15-20(27)3;;/h6-18,29H,19-20H2,1-5H3,(H,35,39)(H,36,37);5-17,26H,4,18H2,1-3H3,(H,31,32);2*1H4/t29-;26-;;/m11../s1. The van der Waals surface area contributed by atoms with Gasteiger partial charge in [-0.05, 0) is 148 Å². The molecule has 13 nitrogen and oxygen atoms in total. The van der Waals surface area contributed by atoms with Gasteiger partial charge in [-0.1, -0.05) is 118 Å². The Bertz CT molecular complexity index is 3330. The maximum atomic E-state index is 13.5. The first-order chi connectivity index (χ1) is 35.9. The van der Waals surface area contributed by atoms with E-state index in [9.17, 15) is 24.0 Å². The molecule has 0 spiro atoms. The van der Waals surface area contributed by atoms with Gasteiger partial charge in [-0.25, -0.2) is 14.4 Å². The number of aryl methyl sites for hydroxylation is 4. The summed E-state index contributed by atoms with van der Waals surface area (Å²) in [5.74, 6) is -2.05. The molecule has 13 heteroatoms. The Balaban J connectivity index is 0.000000281. The van der Waals surface area contributed by atoms with Gasteiger partial charge in [-0.15, -0.1) is 0 Å². The van der Waals surface area contributed by atoms with Gasteiger partial charge in [0.25, 0.3) is 0 Å². The smallest absolute Gasteiger partial charge is 0.407 e. The van der Waals surface area contributed by atoms with Crippen molar-refractivity contribution in [2.75, 3.05) is 17.2 Å². The largest absolute Gasteiger partial charge is 0.457 e. The summed E-state index contributed by atoms with van der Waals surface area (Å²) in [6.45, 7) is 15.4. The Morgan fingerprint density at radius 1 is 0.519 bits per heavy atom. The molecule has 0 radical (unpaired) electrons. The number of pyridine rings is 2. The Labute approximate surface area is 452 Å². The molecule has 0 saturated carbocycles. The van der Waals surface area contributed by atoms with Crippen LogP contribution in [0.5, 0.6) is 0 Å². The summed E-state index contributed by atoms with van der Waals surface area (Å²) in [4.78, 5) is 72.1. The van der Waals surface area contributed by atoms with Gasteiger partial charge >= 0.3 is 18.0 Å². The van der Waals surface area contributed by atoms with E-state index in [4.69, 9.17) is 14.2 Å². The minimum absolute atomic E-state index is 0. The number of fused-ring (bicyclic) bond motifs is 2. The third kappa shape index (κ3) is 16.6. The Morgan fingerprint density at radius 3 is 1.36 bits per heavy atom. The lowest BCUT2D eigenvalue weighted by molar-refractivity contribution is -0.118. The van der Waals surface area contributed by atoms with E-state index in [0.29, 0.717) is 28.8 Å². The van der Waals surface area contributed by atoms with E-state index in [1.165, 1.54) is 0 Å². The first kappa shape index (κ1) is 59.2. The van der Waals surface area contributed by atoms with Crippen molar-refractivity contribution in [2.24, 2.45) is 0 Å². The zero-order valence-electron chi connectivity index (χ0n) is 43.7. The second-order valence-electron chi connectivity index (χ2n) is 19.5. The van der Waals surface area contributed by atoms with Crippen molar-refractivity contribution in [1.82, 2.24) is 15.3 Å². The molecule has 2 atom stereocenters. The number of amides is 3. The summed E-state index contributed by atoms with van der Waals surface area (Å²) in [7, 11) is 0. The molecule has 77 heavy (non-hydrogen) atoms. The predicted octanol–water partition coefficient (Wildman–Crippen LogP) is 14.1. The number of alkyl carbamates (subject to hydrolysis) is 1. The number of aromatic nitrogens is 2. The Kier molecular flexibility index (Phi) is 20.9. The first-order valence-corrected chi connectivity index (χ1v) is 24.9. The first-order valence-electron chi connectivity index (χ1n) is 24.9. The van der Waals surface area contributed by atoms with Crippen LogP contribution in [0.4, 0.5) is 16.2 Å². The molecule has 0 unspecified atom stereocenters. The van der Waals surface area contributed by atoms with Crippen molar-refractivity contribution in [3.05, 3.63) is 214 Å². The van der Waals surface area contributed by atoms with Crippen LogP contribution in [0.2, 0.25) is 0 Å². The molecule has 400 valence electrons. The third-order valence-electron chi connectivity index (χ3n) is 12.4. The molecule has 0 aliphatic carbocycles. The number of hydrogen-bond acceptors (Lipinski definition) is 10. The molecule has 8 rings (SSSR count). The monoisotopic (exact) mass is 1040 g/mol. The molecule has 2 aromatic heterocycles. The molecular weight excluding hydrogens is 967 g/mol. The zero-order chi connectivity index (χ0) is 53.6. The highest BCUT2D eigenvalue weighted by Crippen LogP contribution is 2.26. The molecule has 0 fully saturated rings. The minimum atomic E-state index is -0.706. The molecular formula is C64H71N5O8. The fourth-order valence-corrected chi connectivity index (χ4v) is 8.45. The SMILES string of the molecule is C.C.CC[C@@H](C(=O)Nc1ccc2cnccc2c1)c1ccc(COC(=O)c2ccc(C)cc2C)cc1.Cc1ccc(C(=O)OCc2ccc([C@@H](CNC(=O)OC(C)(C)C)C(=O)Nc3ccc4cnccc4c3)cc2)c(C)c1. The average Bonchev–Trinajstić information content (AvgIpc) is 3.38. The number of nitrogens with one attached hydrogen (secondary N) is 3. The molecule has 0 aliphatic heterocycles. The predicted molar refractivity (Wildman–Crippen MR) is 307 cm³/mol. The molecule has 6 aromatic carbocycles. The van der Waals surface area contributed by atoms with Crippen LogP contribution >= 0.6 is 0 Å². The normalized spacial score (nSPS) is 11.5. The van der Waals surface area contributed by atoms with Gasteiger partial charge in [0.15, 0.2) is 0 Å². The number of ether oxygens (including phenoxy) is 3. The van der Waals surface area contributed by atoms with E-state index >= 15 is 0 Å². The fraction of sp³-hybridized carbons (Fsp3) is 0.266. The molecule has 0 saturated heterocycles. The summed E-state index contributed by atoms with van der Waals surface area (Å²) in [5, 5.41) is 12.7. The average molecular weight is 1040 g/mol. The van der Waals surface area contributed by atoms with Crippen LogP contribution in [0, 0.1) is 27.7 Å². The van der Waals surface area contributed by atoms with Crippen molar-refractivity contribution in [2.45, 2.75) is 107 Å². The van der Waals surface area contributed by atoms with E-state index in [2.05, 4.69) is 25.9 Å². The van der Waals surface area contributed by atoms with Gasteiger partial charge in [0, 0.05) is 53.5 Å². The molecule has 0 bridgehead atoms. The van der Waals surface area contributed by atoms with Crippen molar-refractivity contribution in [3.8, 4) is 0 Å². The Hall–Kier alpha value is -8.71. The van der Waals surface area contributed by atoms with Crippen molar-refractivity contribution >= 4 is 62.8 Å². The number of benzene rings is 6. The van der Waals surface area contributed by atoms with Crippen LogP contribution in [0.15, 0.2) is 158 Å². The number of carbonyl (C=O) groups is 5.